The molecular weight excluding hydrogens is 588 g/mol. The molecule has 0 aliphatic carbocycles. The molecule has 282 valence electrons. The highest BCUT2D eigenvalue weighted by Gasteiger charge is 2.08. The van der Waals surface area contributed by atoms with Crippen molar-refractivity contribution in [3.05, 3.63) is 23.3 Å². The Kier molecular flexibility index (Phi) is 37.0. The smallest absolute Gasteiger partial charge is 0.244 e. The van der Waals surface area contributed by atoms with Crippen molar-refractivity contribution < 1.29 is 9.59 Å². The Balaban J connectivity index is 3.81. The van der Waals surface area contributed by atoms with E-state index in [0.717, 1.165) is 49.7 Å². The summed E-state index contributed by atoms with van der Waals surface area (Å²) in [5.41, 5.74) is 12.9. The lowest BCUT2D eigenvalue weighted by Crippen LogP contribution is -2.15. The van der Waals surface area contributed by atoms with E-state index in [0.29, 0.717) is 12.8 Å². The number of allylic oxidation sites excluding steroid dienone is 2. The van der Waals surface area contributed by atoms with Crippen LogP contribution in [0.1, 0.15) is 245 Å². The summed E-state index contributed by atoms with van der Waals surface area (Å²) in [6.07, 6.45) is 49.9. The molecule has 4 N–H and O–H groups in total. The number of rotatable bonds is 39. The molecular formula is C44H84N2O2. The summed E-state index contributed by atoms with van der Waals surface area (Å²) in [5.74, 6) is -0.593. The first-order chi connectivity index (χ1) is 23.5. The molecule has 0 aromatic rings. The molecule has 0 unspecified atom stereocenters. The van der Waals surface area contributed by atoms with Gasteiger partial charge in [0.1, 0.15) is 0 Å². The predicted molar refractivity (Wildman–Crippen MR) is 212 cm³/mol. The Morgan fingerprint density at radius 2 is 0.542 bits per heavy atom. The maximum Gasteiger partial charge on any atom is 0.244 e. The summed E-state index contributed by atoms with van der Waals surface area (Å²) >= 11 is 0. The van der Waals surface area contributed by atoms with Crippen LogP contribution in [0, 0.1) is 0 Å². The average molecular weight is 673 g/mol. The predicted octanol–water partition coefficient (Wildman–Crippen LogP) is 13.9. The number of nitrogens with two attached hydrogens (primary N) is 2. The molecule has 0 spiro atoms. The normalized spacial score (nSPS) is 12.2. The second kappa shape index (κ2) is 38.2. The molecule has 0 aromatic heterocycles. The van der Waals surface area contributed by atoms with Crippen LogP contribution in [0.4, 0.5) is 0 Å². The van der Waals surface area contributed by atoms with Crippen molar-refractivity contribution in [2.45, 2.75) is 245 Å². The Bertz CT molecular complexity index is 708. The van der Waals surface area contributed by atoms with E-state index in [1.165, 1.54) is 180 Å². The lowest BCUT2D eigenvalue weighted by molar-refractivity contribution is -0.115. The van der Waals surface area contributed by atoms with Crippen molar-refractivity contribution in [2.24, 2.45) is 11.5 Å². The lowest BCUT2D eigenvalue weighted by Gasteiger charge is -2.07. The minimum Gasteiger partial charge on any atom is -0.366 e. The third-order valence-electron chi connectivity index (χ3n) is 10.2. The van der Waals surface area contributed by atoms with Crippen LogP contribution in [0.2, 0.25) is 0 Å². The van der Waals surface area contributed by atoms with Crippen molar-refractivity contribution in [2.75, 3.05) is 0 Å². The Labute approximate surface area is 300 Å². The monoisotopic (exact) mass is 673 g/mol. The van der Waals surface area contributed by atoms with Crippen LogP contribution in [-0.2, 0) is 9.59 Å². The van der Waals surface area contributed by atoms with Crippen LogP contribution in [0.5, 0.6) is 0 Å². The molecule has 4 nitrogen and oxygen atoms in total. The summed E-state index contributed by atoms with van der Waals surface area (Å²) in [5, 5.41) is 0. The van der Waals surface area contributed by atoms with E-state index in [1.54, 1.807) is 0 Å². The highest BCUT2D eigenvalue weighted by atomic mass is 16.1. The Morgan fingerprint density at radius 1 is 0.333 bits per heavy atom. The van der Waals surface area contributed by atoms with Crippen LogP contribution < -0.4 is 11.5 Å². The second-order valence-electron chi connectivity index (χ2n) is 14.9. The zero-order chi connectivity index (χ0) is 35.2. The van der Waals surface area contributed by atoms with Crippen LogP contribution >= 0.6 is 0 Å². The number of primary amides is 2. The number of unbranched alkanes of at least 4 members (excludes halogenated alkanes) is 31. The minimum atomic E-state index is -0.296. The maximum absolute atomic E-state index is 12.0. The summed E-state index contributed by atoms with van der Waals surface area (Å²) in [4.78, 5) is 23.9. The van der Waals surface area contributed by atoms with E-state index in [-0.39, 0.29) is 11.8 Å². The van der Waals surface area contributed by atoms with Gasteiger partial charge < -0.3 is 11.5 Å². The van der Waals surface area contributed by atoms with Crippen molar-refractivity contribution in [1.82, 2.24) is 0 Å². The Morgan fingerprint density at radius 3 is 0.750 bits per heavy atom. The van der Waals surface area contributed by atoms with E-state index >= 15 is 0 Å². The van der Waals surface area contributed by atoms with Gasteiger partial charge in [-0.25, -0.2) is 0 Å². The fraction of sp³-hybridized carbons (Fsp3) is 0.864. The van der Waals surface area contributed by atoms with Gasteiger partial charge in [-0.3, -0.25) is 9.59 Å². The summed E-state index contributed by atoms with van der Waals surface area (Å²) in [6, 6.07) is 0. The van der Waals surface area contributed by atoms with E-state index in [1.807, 2.05) is 0 Å². The first kappa shape index (κ1) is 46.4. The molecule has 0 atom stereocenters. The van der Waals surface area contributed by atoms with Crippen LogP contribution in [0.25, 0.3) is 0 Å². The van der Waals surface area contributed by atoms with E-state index < -0.39 is 0 Å². The van der Waals surface area contributed by atoms with Gasteiger partial charge in [0.2, 0.25) is 11.8 Å². The van der Waals surface area contributed by atoms with Gasteiger partial charge in [-0.15, -0.1) is 0 Å². The standard InChI is InChI=1S/C44H84N2O2/c1-3-5-7-9-11-13-15-17-19-21-23-25-27-29-31-33-37-41(43(45)47)39-35-36-40-42(44(46)48)38-34-32-30-28-26-24-22-20-18-16-14-12-10-8-6-4-2/h37-38H,3-36,39-40H2,1-2H3,(H2,45,47)(H2,46,48)/b41-37+,42-38+. The van der Waals surface area contributed by atoms with Gasteiger partial charge >= 0.3 is 0 Å². The molecule has 0 saturated heterocycles. The molecule has 0 aliphatic rings. The van der Waals surface area contributed by atoms with Crippen LogP contribution in [-0.4, -0.2) is 11.8 Å². The molecule has 2 amide bonds. The molecule has 0 aromatic carbocycles. The van der Waals surface area contributed by atoms with Gasteiger partial charge in [0.25, 0.3) is 0 Å². The topological polar surface area (TPSA) is 86.2 Å². The first-order valence-electron chi connectivity index (χ1n) is 21.5. The summed E-state index contributed by atoms with van der Waals surface area (Å²) in [6.45, 7) is 4.56. The van der Waals surface area contributed by atoms with Crippen molar-refractivity contribution >= 4 is 11.8 Å². The van der Waals surface area contributed by atoms with Gasteiger partial charge in [0.05, 0.1) is 0 Å². The summed E-state index contributed by atoms with van der Waals surface area (Å²) in [7, 11) is 0. The first-order valence-corrected chi connectivity index (χ1v) is 21.5. The minimum absolute atomic E-state index is 0.296. The number of carbonyl (C=O) groups excluding carboxylic acids is 2. The van der Waals surface area contributed by atoms with Crippen LogP contribution in [0.15, 0.2) is 23.3 Å². The zero-order valence-electron chi connectivity index (χ0n) is 32.6. The molecule has 48 heavy (non-hydrogen) atoms. The molecule has 0 radical (unpaired) electrons. The lowest BCUT2D eigenvalue weighted by atomic mass is 10.00. The van der Waals surface area contributed by atoms with E-state index in [4.69, 9.17) is 11.5 Å². The molecule has 0 bridgehead atoms. The highest BCUT2D eigenvalue weighted by Crippen LogP contribution is 2.18. The van der Waals surface area contributed by atoms with Crippen molar-refractivity contribution in [1.29, 1.82) is 0 Å². The van der Waals surface area contributed by atoms with E-state index in [9.17, 15) is 9.59 Å². The maximum atomic E-state index is 12.0. The summed E-state index contributed by atoms with van der Waals surface area (Å²) < 4.78 is 0. The van der Waals surface area contributed by atoms with Crippen molar-refractivity contribution in [3.8, 4) is 0 Å². The van der Waals surface area contributed by atoms with Gasteiger partial charge in [-0.05, 0) is 51.4 Å². The molecule has 4 heteroatoms. The third kappa shape index (κ3) is 34.3. The Hall–Kier alpha value is -1.58. The fourth-order valence-corrected chi connectivity index (χ4v) is 6.87. The zero-order valence-corrected chi connectivity index (χ0v) is 32.6. The average Bonchev–Trinajstić information content (AvgIpc) is 3.07. The number of carbonyl (C=O) groups is 2. The highest BCUT2D eigenvalue weighted by molar-refractivity contribution is 5.92. The quantitative estimate of drug-likeness (QED) is 0.0503. The van der Waals surface area contributed by atoms with Crippen LogP contribution in [0.3, 0.4) is 0 Å². The fourth-order valence-electron chi connectivity index (χ4n) is 6.87. The third-order valence-corrected chi connectivity index (χ3v) is 10.2. The molecule has 0 saturated carbocycles. The van der Waals surface area contributed by atoms with Gasteiger partial charge in [0, 0.05) is 11.1 Å². The van der Waals surface area contributed by atoms with E-state index in [2.05, 4.69) is 26.0 Å². The number of amides is 2. The molecule has 0 heterocycles. The molecule has 0 fully saturated rings. The SMILES string of the molecule is CCCCCCCCCCCCCCCCC/C=C(\CCCC/C(=C\CCCCCCCCCCCCCCCCC)C(N)=O)C(N)=O. The van der Waals surface area contributed by atoms with Gasteiger partial charge in [0.15, 0.2) is 0 Å². The molecule has 0 aliphatic heterocycles. The molecule has 0 rings (SSSR count). The van der Waals surface area contributed by atoms with Crippen molar-refractivity contribution in [3.63, 3.8) is 0 Å². The largest absolute Gasteiger partial charge is 0.366 e. The number of hydrogen-bond acceptors (Lipinski definition) is 2. The van der Waals surface area contributed by atoms with Gasteiger partial charge in [-0.1, -0.05) is 206 Å². The second-order valence-corrected chi connectivity index (χ2v) is 14.9. The van der Waals surface area contributed by atoms with Gasteiger partial charge in [-0.2, -0.15) is 0 Å². The number of hydrogen-bond donors (Lipinski definition) is 2.